The summed E-state index contributed by atoms with van der Waals surface area (Å²) in [6.45, 7) is 11.2. The number of amides is 1. The van der Waals surface area contributed by atoms with E-state index in [2.05, 4.69) is 62.7 Å². The van der Waals surface area contributed by atoms with Gasteiger partial charge in [0.15, 0.2) is 0 Å². The Balaban J connectivity index is 1.88. The normalized spacial score (nSPS) is 14.5. The number of hydrogen-bond donors (Lipinski definition) is 2. The van der Waals surface area contributed by atoms with Crippen molar-refractivity contribution >= 4 is 34.2 Å². The summed E-state index contributed by atoms with van der Waals surface area (Å²) in [5, 5.41) is 2.97. The molecule has 0 unspecified atom stereocenters. The molecule has 0 radical (unpaired) electrons. The van der Waals surface area contributed by atoms with Crippen LogP contribution in [0, 0.1) is 20.8 Å². The van der Waals surface area contributed by atoms with Gasteiger partial charge in [0.2, 0.25) is 0 Å². The molecule has 2 aromatic rings. The summed E-state index contributed by atoms with van der Waals surface area (Å²) in [4.78, 5) is 32.9. The molecule has 6 nitrogen and oxygen atoms in total. The van der Waals surface area contributed by atoms with Crippen LogP contribution in [0.5, 0.6) is 0 Å². The molecule has 0 spiro atoms. The minimum Gasteiger partial charge on any atom is -0.366 e. The highest BCUT2D eigenvalue weighted by Gasteiger charge is 2.30. The minimum atomic E-state index is -0.141. The molecule has 0 bridgehead atoms. The summed E-state index contributed by atoms with van der Waals surface area (Å²) in [6, 6.07) is 6.60. The number of carbonyl (C=O) groups excluding carboxylic acids is 1. The SMILES string of the molecule is CCN(c1cc(CI)cc(C(=O)NCc2c(C)cc(C)[nH]c2=O)c1C)C1CN(C)C1. The van der Waals surface area contributed by atoms with Gasteiger partial charge < -0.3 is 20.1 Å². The van der Waals surface area contributed by atoms with E-state index in [0.29, 0.717) is 17.2 Å². The lowest BCUT2D eigenvalue weighted by Gasteiger charge is -2.45. The number of alkyl halides is 1. The number of likely N-dealkylation sites (N-methyl/N-ethyl adjacent to an activating group) is 2. The van der Waals surface area contributed by atoms with Gasteiger partial charge in [-0.2, -0.15) is 0 Å². The van der Waals surface area contributed by atoms with Crippen molar-refractivity contribution in [2.75, 3.05) is 31.6 Å². The molecule has 2 heterocycles. The third-order valence-corrected chi connectivity index (χ3v) is 6.78. The van der Waals surface area contributed by atoms with Crippen LogP contribution in [0.3, 0.4) is 0 Å². The first-order valence-electron chi connectivity index (χ1n) is 10.4. The molecule has 1 saturated heterocycles. The average Bonchev–Trinajstić information content (AvgIpc) is 2.67. The van der Waals surface area contributed by atoms with Crippen molar-refractivity contribution in [1.29, 1.82) is 0 Å². The minimum absolute atomic E-state index is 0.137. The van der Waals surface area contributed by atoms with Gasteiger partial charge in [0.05, 0.1) is 6.04 Å². The number of nitrogens with zero attached hydrogens (tertiary/aromatic N) is 2. The number of aromatic amines is 1. The largest absolute Gasteiger partial charge is 0.366 e. The van der Waals surface area contributed by atoms with E-state index >= 15 is 0 Å². The smallest absolute Gasteiger partial charge is 0.253 e. The molecule has 1 fully saturated rings. The summed E-state index contributed by atoms with van der Waals surface area (Å²) in [6.07, 6.45) is 0. The third kappa shape index (κ3) is 4.72. The Morgan fingerprint density at radius 1 is 1.27 bits per heavy atom. The molecule has 0 aliphatic carbocycles. The van der Waals surface area contributed by atoms with Gasteiger partial charge in [0, 0.05) is 53.1 Å². The van der Waals surface area contributed by atoms with E-state index in [1.165, 1.54) is 0 Å². The van der Waals surface area contributed by atoms with Crippen LogP contribution in [0.25, 0.3) is 0 Å². The standard InChI is InChI=1S/C23H31IN4O2/c1-6-28(18-12-27(5)13-18)21-9-17(10-24)8-19(16(21)4)22(29)25-11-20-14(2)7-15(3)26-23(20)30/h7-9,18H,6,10-13H2,1-5H3,(H,25,29)(H,26,30). The van der Waals surface area contributed by atoms with Crippen molar-refractivity contribution in [2.24, 2.45) is 0 Å². The van der Waals surface area contributed by atoms with Crippen LogP contribution >= 0.6 is 22.6 Å². The van der Waals surface area contributed by atoms with Gasteiger partial charge >= 0.3 is 0 Å². The highest BCUT2D eigenvalue weighted by atomic mass is 127. The summed E-state index contributed by atoms with van der Waals surface area (Å²) >= 11 is 2.34. The molecule has 1 aliphatic rings. The molecular weight excluding hydrogens is 491 g/mol. The molecular formula is C23H31IN4O2. The van der Waals surface area contributed by atoms with Crippen LogP contribution in [-0.4, -0.2) is 48.5 Å². The number of rotatable bonds is 7. The second-order valence-corrected chi connectivity index (χ2v) is 8.97. The maximum absolute atomic E-state index is 13.1. The lowest BCUT2D eigenvalue weighted by Crippen LogP contribution is -2.58. The molecule has 7 heteroatoms. The number of halogens is 1. The predicted octanol–water partition coefficient (Wildman–Crippen LogP) is 3.31. The van der Waals surface area contributed by atoms with E-state index in [-0.39, 0.29) is 18.0 Å². The maximum Gasteiger partial charge on any atom is 0.253 e. The predicted molar refractivity (Wildman–Crippen MR) is 131 cm³/mol. The number of H-pyrrole nitrogens is 1. The topological polar surface area (TPSA) is 68.4 Å². The summed E-state index contributed by atoms with van der Waals surface area (Å²) in [5.41, 5.74) is 6.13. The van der Waals surface area contributed by atoms with Gasteiger partial charge in [-0.05, 0) is 69.6 Å². The maximum atomic E-state index is 13.1. The number of hydrogen-bond acceptors (Lipinski definition) is 4. The Hall–Kier alpha value is -1.87. The molecule has 162 valence electrons. The number of anilines is 1. The summed E-state index contributed by atoms with van der Waals surface area (Å²) in [7, 11) is 2.13. The fourth-order valence-corrected chi connectivity index (χ4v) is 4.66. The van der Waals surface area contributed by atoms with Gasteiger partial charge in [0.1, 0.15) is 0 Å². The quantitative estimate of drug-likeness (QED) is 0.433. The van der Waals surface area contributed by atoms with Crippen molar-refractivity contribution in [3.63, 3.8) is 0 Å². The molecule has 1 aromatic carbocycles. The lowest BCUT2D eigenvalue weighted by molar-refractivity contribution is 0.0950. The van der Waals surface area contributed by atoms with E-state index in [0.717, 1.165) is 52.1 Å². The highest BCUT2D eigenvalue weighted by molar-refractivity contribution is 14.1. The van der Waals surface area contributed by atoms with Crippen molar-refractivity contribution in [2.45, 2.75) is 44.7 Å². The Kier molecular flexibility index (Phi) is 7.23. The Morgan fingerprint density at radius 2 is 1.97 bits per heavy atom. The first kappa shape index (κ1) is 22.8. The Labute approximate surface area is 192 Å². The molecule has 0 atom stereocenters. The second kappa shape index (κ2) is 9.51. The van der Waals surface area contributed by atoms with E-state index in [1.807, 2.05) is 32.9 Å². The van der Waals surface area contributed by atoms with Crippen LogP contribution < -0.4 is 15.8 Å². The fourth-order valence-electron chi connectivity index (χ4n) is 4.22. The van der Waals surface area contributed by atoms with E-state index in [9.17, 15) is 9.59 Å². The lowest BCUT2D eigenvalue weighted by atomic mass is 9.99. The number of benzene rings is 1. The van der Waals surface area contributed by atoms with Crippen LogP contribution in [0.4, 0.5) is 5.69 Å². The van der Waals surface area contributed by atoms with Crippen LogP contribution in [0.2, 0.25) is 0 Å². The van der Waals surface area contributed by atoms with Gasteiger partial charge in [0.25, 0.3) is 11.5 Å². The van der Waals surface area contributed by atoms with E-state index in [4.69, 9.17) is 0 Å². The van der Waals surface area contributed by atoms with Crippen molar-refractivity contribution < 1.29 is 4.79 Å². The van der Waals surface area contributed by atoms with Gasteiger partial charge in [-0.15, -0.1) is 0 Å². The molecule has 2 N–H and O–H groups in total. The van der Waals surface area contributed by atoms with Crippen molar-refractivity contribution in [3.8, 4) is 0 Å². The van der Waals surface area contributed by atoms with Crippen molar-refractivity contribution in [1.82, 2.24) is 15.2 Å². The number of aryl methyl sites for hydroxylation is 2. The first-order valence-corrected chi connectivity index (χ1v) is 11.9. The zero-order valence-electron chi connectivity index (χ0n) is 18.4. The zero-order chi connectivity index (χ0) is 22.0. The molecule has 1 aliphatic heterocycles. The van der Waals surface area contributed by atoms with Crippen LogP contribution in [-0.2, 0) is 11.0 Å². The summed E-state index contributed by atoms with van der Waals surface area (Å²) < 4.78 is 0.837. The molecule has 1 amide bonds. The van der Waals surface area contributed by atoms with Gasteiger partial charge in [-0.1, -0.05) is 22.6 Å². The molecule has 1 aromatic heterocycles. The number of aromatic nitrogens is 1. The number of carbonyl (C=O) groups is 1. The highest BCUT2D eigenvalue weighted by Crippen LogP contribution is 2.30. The first-order chi connectivity index (χ1) is 14.2. The second-order valence-electron chi connectivity index (χ2n) is 8.21. The van der Waals surface area contributed by atoms with Crippen LogP contribution in [0.15, 0.2) is 23.0 Å². The summed E-state index contributed by atoms with van der Waals surface area (Å²) in [5.74, 6) is -0.137. The third-order valence-electron chi connectivity index (χ3n) is 5.89. The van der Waals surface area contributed by atoms with Crippen molar-refractivity contribution in [3.05, 3.63) is 62.1 Å². The zero-order valence-corrected chi connectivity index (χ0v) is 20.6. The molecule has 30 heavy (non-hydrogen) atoms. The number of likely N-dealkylation sites (tertiary alicyclic amines) is 1. The number of nitrogens with one attached hydrogen (secondary N) is 2. The number of pyridine rings is 1. The Bertz CT molecular complexity index is 995. The van der Waals surface area contributed by atoms with E-state index in [1.54, 1.807) is 0 Å². The Morgan fingerprint density at radius 3 is 2.53 bits per heavy atom. The van der Waals surface area contributed by atoms with E-state index < -0.39 is 0 Å². The molecule has 0 saturated carbocycles. The monoisotopic (exact) mass is 522 g/mol. The average molecular weight is 522 g/mol. The van der Waals surface area contributed by atoms with Gasteiger partial charge in [-0.25, -0.2) is 0 Å². The van der Waals surface area contributed by atoms with Crippen LogP contribution in [0.1, 0.15) is 45.2 Å². The van der Waals surface area contributed by atoms with Gasteiger partial charge in [-0.3, -0.25) is 9.59 Å². The molecule has 3 rings (SSSR count). The fraction of sp³-hybridized carbons (Fsp3) is 0.478.